The molecule has 0 aliphatic carbocycles. The van der Waals surface area contributed by atoms with Crippen LogP contribution in [0, 0.1) is 6.92 Å². The molecule has 1 spiro atoms. The SMILES string of the molecule is COC(=O)c1cccc(C2=NC3(CCN(S(=O)(=O)CCc4ccc(C(=O)N(C)C)cc4C)CC3)C(=O)N2)c1. The summed E-state index contributed by atoms with van der Waals surface area (Å²) in [7, 11) is 1.11. The molecule has 2 aromatic rings. The van der Waals surface area contributed by atoms with E-state index in [0.29, 0.717) is 28.9 Å². The lowest BCUT2D eigenvalue weighted by Crippen LogP contribution is -2.50. The Morgan fingerprint density at radius 3 is 2.45 bits per heavy atom. The molecular formula is C27H32N4O6S. The van der Waals surface area contributed by atoms with E-state index >= 15 is 0 Å². The second-order valence-corrected chi connectivity index (χ2v) is 11.9. The highest BCUT2D eigenvalue weighted by atomic mass is 32.2. The van der Waals surface area contributed by atoms with Crippen molar-refractivity contribution in [3.63, 3.8) is 0 Å². The van der Waals surface area contributed by atoms with Crippen LogP contribution in [0.1, 0.15) is 50.2 Å². The Labute approximate surface area is 222 Å². The van der Waals surface area contributed by atoms with Gasteiger partial charge in [0.1, 0.15) is 11.4 Å². The summed E-state index contributed by atoms with van der Waals surface area (Å²) in [5.74, 6) is -0.562. The van der Waals surface area contributed by atoms with Crippen LogP contribution in [0.2, 0.25) is 0 Å². The van der Waals surface area contributed by atoms with E-state index in [1.165, 1.54) is 16.3 Å². The molecule has 0 radical (unpaired) electrons. The Balaban J connectivity index is 1.41. The van der Waals surface area contributed by atoms with Crippen molar-refractivity contribution in [2.24, 2.45) is 4.99 Å². The number of amidine groups is 1. The summed E-state index contributed by atoms with van der Waals surface area (Å²) in [5.41, 5.74) is 2.20. The van der Waals surface area contributed by atoms with Crippen LogP contribution >= 0.6 is 0 Å². The van der Waals surface area contributed by atoms with E-state index in [9.17, 15) is 22.8 Å². The molecule has 202 valence electrons. The molecule has 1 N–H and O–H groups in total. The Morgan fingerprint density at radius 2 is 1.82 bits per heavy atom. The average Bonchev–Trinajstić information content (AvgIpc) is 3.22. The van der Waals surface area contributed by atoms with E-state index < -0.39 is 21.5 Å². The molecule has 2 aliphatic rings. The molecule has 10 nitrogen and oxygen atoms in total. The maximum atomic E-state index is 13.1. The molecule has 2 aliphatic heterocycles. The van der Waals surface area contributed by atoms with Gasteiger partial charge in [-0.15, -0.1) is 0 Å². The second kappa shape index (κ2) is 10.7. The van der Waals surface area contributed by atoms with Crippen LogP contribution in [-0.2, 0) is 26.0 Å². The fourth-order valence-corrected chi connectivity index (χ4v) is 6.25. The average molecular weight is 541 g/mol. The predicted molar refractivity (Wildman–Crippen MR) is 143 cm³/mol. The van der Waals surface area contributed by atoms with Gasteiger partial charge in [-0.3, -0.25) is 14.6 Å². The number of sulfonamides is 1. The Hall–Kier alpha value is -3.57. The Kier molecular flexibility index (Phi) is 7.70. The third kappa shape index (κ3) is 5.48. The number of nitrogens with zero attached hydrogens (tertiary/aromatic N) is 3. The third-order valence-electron chi connectivity index (χ3n) is 7.11. The number of hydrogen-bond acceptors (Lipinski definition) is 7. The van der Waals surface area contributed by atoms with Crippen molar-refractivity contribution in [1.82, 2.24) is 14.5 Å². The van der Waals surface area contributed by atoms with Crippen molar-refractivity contribution in [3.05, 3.63) is 70.3 Å². The fraction of sp³-hybridized carbons (Fsp3) is 0.407. The number of nitrogens with one attached hydrogen (secondary N) is 1. The molecule has 0 saturated carbocycles. The first kappa shape index (κ1) is 27.5. The van der Waals surface area contributed by atoms with Gasteiger partial charge in [-0.25, -0.2) is 17.5 Å². The van der Waals surface area contributed by atoms with Crippen LogP contribution in [0.5, 0.6) is 0 Å². The maximum absolute atomic E-state index is 13.1. The number of benzene rings is 2. The number of carbonyl (C=O) groups is 3. The zero-order chi connectivity index (χ0) is 27.7. The van der Waals surface area contributed by atoms with Gasteiger partial charge < -0.3 is 15.0 Å². The van der Waals surface area contributed by atoms with Gasteiger partial charge in [0, 0.05) is 38.3 Å². The van der Waals surface area contributed by atoms with Gasteiger partial charge in [-0.05, 0) is 61.6 Å². The molecule has 38 heavy (non-hydrogen) atoms. The van der Waals surface area contributed by atoms with Crippen molar-refractivity contribution in [2.45, 2.75) is 31.7 Å². The summed E-state index contributed by atoms with van der Waals surface area (Å²) in [5, 5.41) is 2.80. The van der Waals surface area contributed by atoms with Crippen molar-refractivity contribution >= 4 is 33.6 Å². The van der Waals surface area contributed by atoms with Crippen LogP contribution in [0.15, 0.2) is 47.5 Å². The molecular weight excluding hydrogens is 508 g/mol. The topological polar surface area (TPSA) is 125 Å². The fourth-order valence-electron chi connectivity index (χ4n) is 4.77. The van der Waals surface area contributed by atoms with Gasteiger partial charge in [-0.2, -0.15) is 0 Å². The largest absolute Gasteiger partial charge is 0.465 e. The van der Waals surface area contributed by atoms with E-state index in [1.807, 2.05) is 6.92 Å². The highest BCUT2D eigenvalue weighted by molar-refractivity contribution is 7.89. The standard InChI is InChI=1S/C27H32N4O6S/c1-18-16-21(24(32)30(2)3)9-8-19(18)10-15-38(35,36)31-13-11-27(12-14-31)26(34)28-23(29-27)20-6-5-7-22(17-20)25(33)37-4/h5-9,16-17H,10-15H2,1-4H3,(H,28,29,34). The minimum atomic E-state index is -3.56. The van der Waals surface area contributed by atoms with Crippen LogP contribution in [0.4, 0.5) is 0 Å². The number of carbonyl (C=O) groups excluding carboxylic acids is 3. The molecule has 0 bridgehead atoms. The van der Waals surface area contributed by atoms with Crippen molar-refractivity contribution < 1.29 is 27.5 Å². The minimum Gasteiger partial charge on any atom is -0.465 e. The van der Waals surface area contributed by atoms with Crippen LogP contribution in [0.3, 0.4) is 0 Å². The minimum absolute atomic E-state index is 0.0666. The van der Waals surface area contributed by atoms with E-state index in [2.05, 4.69) is 10.3 Å². The van der Waals surface area contributed by atoms with Gasteiger partial charge in [0.2, 0.25) is 10.0 Å². The summed E-state index contributed by atoms with van der Waals surface area (Å²) in [6.07, 6.45) is 0.850. The molecule has 2 amide bonds. The van der Waals surface area contributed by atoms with Crippen molar-refractivity contribution in [2.75, 3.05) is 40.0 Å². The van der Waals surface area contributed by atoms with E-state index in [1.54, 1.807) is 56.6 Å². The summed E-state index contributed by atoms with van der Waals surface area (Å²) < 4.78 is 32.4. The highest BCUT2D eigenvalue weighted by Crippen LogP contribution is 2.32. The Morgan fingerprint density at radius 1 is 1.11 bits per heavy atom. The molecule has 11 heteroatoms. The van der Waals surface area contributed by atoms with Crippen LogP contribution in [-0.4, -0.2) is 86.8 Å². The predicted octanol–water partition coefficient (Wildman–Crippen LogP) is 1.77. The number of ether oxygens (including phenoxy) is 1. The Bertz CT molecular complexity index is 1410. The monoisotopic (exact) mass is 540 g/mol. The maximum Gasteiger partial charge on any atom is 0.337 e. The summed E-state index contributed by atoms with van der Waals surface area (Å²) in [4.78, 5) is 43.1. The molecule has 4 rings (SSSR count). The number of hydrogen-bond donors (Lipinski definition) is 1. The van der Waals surface area contributed by atoms with Crippen molar-refractivity contribution in [1.29, 1.82) is 0 Å². The molecule has 0 aromatic heterocycles. The number of methoxy groups -OCH3 is 1. The van der Waals surface area contributed by atoms with Gasteiger partial charge in [0.25, 0.3) is 11.8 Å². The molecule has 1 saturated heterocycles. The van der Waals surface area contributed by atoms with E-state index in [-0.39, 0.29) is 43.5 Å². The first-order valence-corrected chi connectivity index (χ1v) is 14.0. The van der Waals surface area contributed by atoms with Gasteiger partial charge >= 0.3 is 5.97 Å². The molecule has 0 atom stereocenters. The summed E-state index contributed by atoms with van der Waals surface area (Å²) >= 11 is 0. The second-order valence-electron chi connectivity index (χ2n) is 9.82. The number of rotatable bonds is 7. The van der Waals surface area contributed by atoms with Crippen LogP contribution in [0.25, 0.3) is 0 Å². The van der Waals surface area contributed by atoms with Gasteiger partial charge in [0.05, 0.1) is 18.4 Å². The summed E-state index contributed by atoms with van der Waals surface area (Å²) in [6.45, 7) is 2.24. The number of aryl methyl sites for hydroxylation is 2. The normalized spacial score (nSPS) is 17.2. The molecule has 0 unspecified atom stereocenters. The third-order valence-corrected chi connectivity index (χ3v) is 8.98. The molecule has 2 aromatic carbocycles. The van der Waals surface area contributed by atoms with E-state index in [0.717, 1.165) is 11.1 Å². The smallest absolute Gasteiger partial charge is 0.337 e. The van der Waals surface area contributed by atoms with Crippen molar-refractivity contribution in [3.8, 4) is 0 Å². The van der Waals surface area contributed by atoms with E-state index in [4.69, 9.17) is 4.74 Å². The molecule has 1 fully saturated rings. The van der Waals surface area contributed by atoms with Crippen LogP contribution < -0.4 is 5.32 Å². The molecule has 2 heterocycles. The first-order chi connectivity index (χ1) is 18.0. The highest BCUT2D eigenvalue weighted by Gasteiger charge is 2.47. The number of aliphatic imine (C=N–C) groups is 1. The van der Waals surface area contributed by atoms with Gasteiger partial charge in [0.15, 0.2) is 0 Å². The quantitative estimate of drug-likeness (QED) is 0.534. The number of piperidine rings is 1. The lowest BCUT2D eigenvalue weighted by molar-refractivity contribution is -0.124. The van der Waals surface area contributed by atoms with Gasteiger partial charge in [-0.1, -0.05) is 18.2 Å². The lowest BCUT2D eigenvalue weighted by Gasteiger charge is -2.34. The zero-order valence-corrected chi connectivity index (χ0v) is 22.8. The summed E-state index contributed by atoms with van der Waals surface area (Å²) in [6, 6.07) is 12.0. The number of esters is 1. The number of amides is 2. The first-order valence-electron chi connectivity index (χ1n) is 12.3. The lowest BCUT2D eigenvalue weighted by atomic mass is 9.89. The zero-order valence-electron chi connectivity index (χ0n) is 22.0.